The summed E-state index contributed by atoms with van der Waals surface area (Å²) in [6.45, 7) is 7.99. The fourth-order valence-corrected chi connectivity index (χ4v) is 3.98. The molecule has 0 atom stereocenters. The summed E-state index contributed by atoms with van der Waals surface area (Å²) >= 11 is 0. The maximum Gasteiger partial charge on any atom is 0.257 e. The van der Waals surface area contributed by atoms with Gasteiger partial charge >= 0.3 is 0 Å². The van der Waals surface area contributed by atoms with E-state index >= 15 is 0 Å². The van der Waals surface area contributed by atoms with E-state index in [4.69, 9.17) is 5.10 Å². The number of hydrogen-bond donors (Lipinski definition) is 0. The number of rotatable bonds is 3. The van der Waals surface area contributed by atoms with Crippen LogP contribution in [0.15, 0.2) is 36.5 Å². The van der Waals surface area contributed by atoms with Gasteiger partial charge < -0.3 is 4.90 Å². The Balaban J connectivity index is 1.79. The van der Waals surface area contributed by atoms with Crippen LogP contribution in [0, 0.1) is 12.8 Å². The van der Waals surface area contributed by atoms with Crippen LogP contribution in [0.5, 0.6) is 0 Å². The monoisotopic (exact) mass is 362 g/mol. The minimum absolute atomic E-state index is 0.0857. The Bertz CT molecular complexity index is 969. The van der Waals surface area contributed by atoms with Gasteiger partial charge in [0.1, 0.15) is 0 Å². The summed E-state index contributed by atoms with van der Waals surface area (Å²) < 4.78 is 1.87. The van der Waals surface area contributed by atoms with Crippen molar-refractivity contribution < 1.29 is 4.79 Å². The lowest BCUT2D eigenvalue weighted by Crippen LogP contribution is -2.38. The van der Waals surface area contributed by atoms with Crippen LogP contribution in [0.1, 0.15) is 48.4 Å². The van der Waals surface area contributed by atoms with Gasteiger partial charge in [-0.15, -0.1) is 0 Å². The fraction of sp³-hybridized carbons (Fsp3) is 0.409. The normalized spacial score (nSPS) is 15.4. The lowest BCUT2D eigenvalue weighted by atomic mass is 9.98. The minimum atomic E-state index is 0.0857. The van der Waals surface area contributed by atoms with Gasteiger partial charge in [0.15, 0.2) is 5.65 Å². The molecule has 0 spiro atoms. The molecule has 1 aliphatic heterocycles. The molecule has 1 fully saturated rings. The molecule has 1 aliphatic rings. The summed E-state index contributed by atoms with van der Waals surface area (Å²) in [6.07, 6.45) is 4.63. The number of nitrogens with zero attached hydrogens (tertiary/aromatic N) is 4. The second-order valence-corrected chi connectivity index (χ2v) is 7.51. The van der Waals surface area contributed by atoms with E-state index in [1.54, 1.807) is 6.20 Å². The summed E-state index contributed by atoms with van der Waals surface area (Å²) in [5.74, 6) is 0.782. The fourth-order valence-electron chi connectivity index (χ4n) is 3.98. The molecule has 0 radical (unpaired) electrons. The van der Waals surface area contributed by atoms with Crippen LogP contribution < -0.4 is 0 Å². The zero-order valence-electron chi connectivity index (χ0n) is 16.3. The van der Waals surface area contributed by atoms with Gasteiger partial charge in [0.05, 0.1) is 17.0 Å². The van der Waals surface area contributed by atoms with Crippen molar-refractivity contribution in [2.24, 2.45) is 5.92 Å². The SMILES string of the molecule is CCc1c(C(=O)N2CCC(C)CC2)cnc2c(-c3ccccc3)c(C)nn12. The highest BCUT2D eigenvalue weighted by Crippen LogP contribution is 2.29. The Morgan fingerprint density at radius 2 is 1.89 bits per heavy atom. The van der Waals surface area contributed by atoms with Crippen LogP contribution in [0.25, 0.3) is 16.8 Å². The van der Waals surface area contributed by atoms with Crippen molar-refractivity contribution in [1.82, 2.24) is 19.5 Å². The molecule has 0 aliphatic carbocycles. The molecule has 0 saturated carbocycles. The van der Waals surface area contributed by atoms with E-state index in [1.807, 2.05) is 34.5 Å². The van der Waals surface area contributed by atoms with Crippen LogP contribution in [0.3, 0.4) is 0 Å². The maximum atomic E-state index is 13.1. The van der Waals surface area contributed by atoms with E-state index in [0.717, 1.165) is 60.5 Å². The molecular formula is C22H26N4O. The second-order valence-electron chi connectivity index (χ2n) is 7.51. The van der Waals surface area contributed by atoms with Gasteiger partial charge in [0.2, 0.25) is 0 Å². The van der Waals surface area contributed by atoms with Crippen molar-refractivity contribution in [2.75, 3.05) is 13.1 Å². The number of likely N-dealkylation sites (tertiary alicyclic amines) is 1. The highest BCUT2D eigenvalue weighted by Gasteiger charge is 2.25. The third-order valence-electron chi connectivity index (χ3n) is 5.62. The second kappa shape index (κ2) is 7.14. The number of piperidine rings is 1. The van der Waals surface area contributed by atoms with Crippen LogP contribution in [-0.2, 0) is 6.42 Å². The highest BCUT2D eigenvalue weighted by molar-refractivity contribution is 5.95. The first kappa shape index (κ1) is 17.7. The minimum Gasteiger partial charge on any atom is -0.339 e. The molecule has 0 bridgehead atoms. The largest absolute Gasteiger partial charge is 0.339 e. The molecule has 3 heterocycles. The lowest BCUT2D eigenvalue weighted by Gasteiger charge is -2.30. The van der Waals surface area contributed by atoms with Crippen LogP contribution in [-0.4, -0.2) is 38.5 Å². The van der Waals surface area contributed by atoms with E-state index < -0.39 is 0 Å². The number of benzene rings is 1. The molecule has 0 unspecified atom stereocenters. The Hall–Kier alpha value is -2.69. The summed E-state index contributed by atoms with van der Waals surface area (Å²) in [4.78, 5) is 19.8. The summed E-state index contributed by atoms with van der Waals surface area (Å²) in [5, 5.41) is 4.74. The number of aromatic nitrogens is 3. The maximum absolute atomic E-state index is 13.1. The van der Waals surface area contributed by atoms with Crippen molar-refractivity contribution in [3.63, 3.8) is 0 Å². The van der Waals surface area contributed by atoms with E-state index in [1.165, 1.54) is 0 Å². The zero-order chi connectivity index (χ0) is 19.0. The summed E-state index contributed by atoms with van der Waals surface area (Å²) in [6, 6.07) is 10.2. The number of hydrogen-bond acceptors (Lipinski definition) is 3. The third kappa shape index (κ3) is 3.11. The van der Waals surface area contributed by atoms with Gasteiger partial charge in [-0.2, -0.15) is 5.10 Å². The zero-order valence-corrected chi connectivity index (χ0v) is 16.3. The number of carbonyl (C=O) groups is 1. The summed E-state index contributed by atoms with van der Waals surface area (Å²) in [7, 11) is 0. The van der Waals surface area contributed by atoms with Gasteiger partial charge in [0.25, 0.3) is 5.91 Å². The van der Waals surface area contributed by atoms with Gasteiger partial charge in [-0.1, -0.05) is 44.2 Å². The van der Waals surface area contributed by atoms with E-state index in [9.17, 15) is 4.79 Å². The van der Waals surface area contributed by atoms with Crippen LogP contribution in [0.2, 0.25) is 0 Å². The van der Waals surface area contributed by atoms with Gasteiger partial charge in [-0.25, -0.2) is 9.50 Å². The lowest BCUT2D eigenvalue weighted by molar-refractivity contribution is 0.0695. The highest BCUT2D eigenvalue weighted by atomic mass is 16.2. The van der Waals surface area contributed by atoms with Gasteiger partial charge in [-0.3, -0.25) is 4.79 Å². The number of amides is 1. The predicted molar refractivity (Wildman–Crippen MR) is 107 cm³/mol. The Morgan fingerprint density at radius 1 is 1.19 bits per heavy atom. The molecule has 27 heavy (non-hydrogen) atoms. The Morgan fingerprint density at radius 3 is 2.56 bits per heavy atom. The molecule has 140 valence electrons. The molecule has 5 heteroatoms. The molecule has 3 aromatic rings. The first-order valence-electron chi connectivity index (χ1n) is 9.82. The molecule has 0 N–H and O–H groups in total. The van der Waals surface area contributed by atoms with Crippen LogP contribution in [0.4, 0.5) is 0 Å². The molecule has 5 nitrogen and oxygen atoms in total. The third-order valence-corrected chi connectivity index (χ3v) is 5.62. The number of aryl methyl sites for hydroxylation is 2. The quantitative estimate of drug-likeness (QED) is 0.704. The molecule has 2 aromatic heterocycles. The van der Waals surface area contributed by atoms with E-state index in [2.05, 4.69) is 31.0 Å². The molecule has 1 amide bonds. The first-order chi connectivity index (χ1) is 13.1. The molecule has 1 aromatic carbocycles. The first-order valence-corrected chi connectivity index (χ1v) is 9.82. The van der Waals surface area contributed by atoms with Gasteiger partial charge in [0, 0.05) is 24.8 Å². The van der Waals surface area contributed by atoms with E-state index in [0.29, 0.717) is 11.5 Å². The van der Waals surface area contributed by atoms with Crippen molar-refractivity contribution >= 4 is 11.6 Å². The standard InChI is InChI=1S/C22H26N4O/c1-4-19-18(22(27)25-12-10-15(2)11-13-25)14-23-21-20(16(3)24-26(19)21)17-8-6-5-7-9-17/h5-9,14-15H,4,10-13H2,1-3H3. The number of carbonyl (C=O) groups excluding carboxylic acids is 1. The Labute approximate surface area is 160 Å². The average molecular weight is 362 g/mol. The van der Waals surface area contributed by atoms with Crippen molar-refractivity contribution in [1.29, 1.82) is 0 Å². The average Bonchev–Trinajstić information content (AvgIpc) is 3.03. The predicted octanol–water partition coefficient (Wildman–Crippen LogP) is 4.14. The summed E-state index contributed by atoms with van der Waals surface area (Å²) in [5.41, 5.74) is 5.51. The van der Waals surface area contributed by atoms with Crippen molar-refractivity contribution in [3.8, 4) is 11.1 Å². The Kier molecular flexibility index (Phi) is 4.68. The van der Waals surface area contributed by atoms with Crippen LogP contribution >= 0.6 is 0 Å². The van der Waals surface area contributed by atoms with E-state index in [-0.39, 0.29) is 5.91 Å². The number of fused-ring (bicyclic) bond motifs is 1. The van der Waals surface area contributed by atoms with Crippen molar-refractivity contribution in [2.45, 2.75) is 40.0 Å². The smallest absolute Gasteiger partial charge is 0.257 e. The topological polar surface area (TPSA) is 50.5 Å². The van der Waals surface area contributed by atoms with Crippen molar-refractivity contribution in [3.05, 3.63) is 53.5 Å². The molecule has 4 rings (SSSR count). The molecule has 1 saturated heterocycles. The van der Waals surface area contributed by atoms with Gasteiger partial charge in [-0.05, 0) is 37.7 Å². The molecular weight excluding hydrogens is 336 g/mol.